The monoisotopic (exact) mass is 259 g/mol. The highest BCUT2D eigenvalue weighted by Crippen LogP contribution is 2.02. The van der Waals surface area contributed by atoms with Crippen molar-refractivity contribution in [3.63, 3.8) is 0 Å². The molecule has 0 aromatic carbocycles. The minimum absolute atomic E-state index is 0.0568. The molecule has 0 fully saturated rings. The Bertz CT molecular complexity index is 674. The first-order valence-electron chi connectivity index (χ1n) is 6.24. The van der Waals surface area contributed by atoms with E-state index in [4.69, 9.17) is 0 Å². The van der Waals surface area contributed by atoms with Gasteiger partial charge in [0.05, 0.1) is 6.42 Å². The van der Waals surface area contributed by atoms with Crippen LogP contribution in [0.15, 0.2) is 29.2 Å². The number of amides is 1. The lowest BCUT2D eigenvalue weighted by Crippen LogP contribution is -2.33. The lowest BCUT2D eigenvalue weighted by Gasteiger charge is -2.09. The van der Waals surface area contributed by atoms with Crippen LogP contribution < -0.4 is 10.9 Å². The molecule has 2 aromatic rings. The summed E-state index contributed by atoms with van der Waals surface area (Å²) < 4.78 is 1.53. The van der Waals surface area contributed by atoms with E-state index in [1.807, 2.05) is 32.9 Å². The van der Waals surface area contributed by atoms with Gasteiger partial charge in [0, 0.05) is 23.5 Å². The number of hydrogen-bond acceptors (Lipinski definition) is 3. The summed E-state index contributed by atoms with van der Waals surface area (Å²) in [6.07, 6.45) is 1.54. The zero-order chi connectivity index (χ0) is 14.0. The third kappa shape index (κ3) is 2.81. The van der Waals surface area contributed by atoms with Gasteiger partial charge in [0.15, 0.2) is 0 Å². The van der Waals surface area contributed by atoms with Gasteiger partial charge in [0.2, 0.25) is 5.91 Å². The summed E-state index contributed by atoms with van der Waals surface area (Å²) in [7, 11) is 0. The molecule has 2 rings (SSSR count). The molecule has 5 heteroatoms. The second-order valence-electron chi connectivity index (χ2n) is 4.85. The molecule has 5 nitrogen and oxygen atoms in total. The Morgan fingerprint density at radius 2 is 2.16 bits per heavy atom. The predicted octanol–water partition coefficient (Wildman–Crippen LogP) is 1.07. The van der Waals surface area contributed by atoms with Crippen LogP contribution in [0.2, 0.25) is 0 Å². The number of carbonyl (C=O) groups excluding carboxylic acids is 1. The minimum Gasteiger partial charge on any atom is -0.354 e. The maximum Gasteiger partial charge on any atom is 0.261 e. The van der Waals surface area contributed by atoms with Gasteiger partial charge in [-0.25, -0.2) is 4.98 Å². The molecule has 0 saturated heterocycles. The Labute approximate surface area is 111 Å². The van der Waals surface area contributed by atoms with Crippen molar-refractivity contribution in [3.05, 3.63) is 46.0 Å². The van der Waals surface area contributed by atoms with Crippen LogP contribution in [0.25, 0.3) is 5.65 Å². The summed E-state index contributed by atoms with van der Waals surface area (Å²) in [6.45, 7) is 5.61. The second-order valence-corrected chi connectivity index (χ2v) is 4.85. The number of nitrogens with one attached hydrogen (secondary N) is 1. The van der Waals surface area contributed by atoms with E-state index in [9.17, 15) is 9.59 Å². The first-order chi connectivity index (χ1) is 8.99. The summed E-state index contributed by atoms with van der Waals surface area (Å²) >= 11 is 0. The molecule has 0 spiro atoms. The third-order valence-electron chi connectivity index (χ3n) is 2.80. The topological polar surface area (TPSA) is 63.5 Å². The Hall–Kier alpha value is -2.17. The van der Waals surface area contributed by atoms with Gasteiger partial charge in [-0.1, -0.05) is 6.07 Å². The molecular weight excluding hydrogens is 242 g/mol. The number of carbonyl (C=O) groups is 1. The number of nitrogens with zero attached hydrogens (tertiary/aromatic N) is 2. The highest BCUT2D eigenvalue weighted by atomic mass is 16.2. The smallest absolute Gasteiger partial charge is 0.261 e. The van der Waals surface area contributed by atoms with E-state index >= 15 is 0 Å². The minimum atomic E-state index is -0.179. The number of aryl methyl sites for hydroxylation is 1. The van der Waals surface area contributed by atoms with Crippen molar-refractivity contribution < 1.29 is 4.79 Å². The van der Waals surface area contributed by atoms with Crippen LogP contribution in [0.1, 0.15) is 25.1 Å². The largest absolute Gasteiger partial charge is 0.354 e. The molecule has 19 heavy (non-hydrogen) atoms. The molecule has 0 atom stereocenters. The Kier molecular flexibility index (Phi) is 3.64. The average Bonchev–Trinajstić information content (AvgIpc) is 2.32. The quantitative estimate of drug-likeness (QED) is 0.896. The van der Waals surface area contributed by atoms with Crippen molar-refractivity contribution in [3.8, 4) is 0 Å². The zero-order valence-corrected chi connectivity index (χ0v) is 11.3. The van der Waals surface area contributed by atoms with E-state index in [-0.39, 0.29) is 23.9 Å². The molecule has 0 aliphatic rings. The van der Waals surface area contributed by atoms with Gasteiger partial charge in [-0.15, -0.1) is 0 Å². The molecule has 100 valence electrons. The standard InChI is InChI=1S/C14H17N3O2/c1-9(2)16-13(18)7-11-8-15-12-6-4-5-10(3)17(12)14(11)19/h4-6,8-9H,7H2,1-3H3,(H,16,18). The molecule has 0 radical (unpaired) electrons. The van der Waals surface area contributed by atoms with E-state index < -0.39 is 0 Å². The first-order valence-corrected chi connectivity index (χ1v) is 6.24. The lowest BCUT2D eigenvalue weighted by molar-refractivity contribution is -0.120. The fraction of sp³-hybridized carbons (Fsp3) is 0.357. The van der Waals surface area contributed by atoms with Gasteiger partial charge in [-0.05, 0) is 32.9 Å². The van der Waals surface area contributed by atoms with Gasteiger partial charge >= 0.3 is 0 Å². The molecule has 2 aromatic heterocycles. The molecule has 1 N–H and O–H groups in total. The third-order valence-corrected chi connectivity index (χ3v) is 2.80. The normalized spacial score (nSPS) is 10.9. The summed E-state index contributed by atoms with van der Waals surface area (Å²) in [5.74, 6) is -0.164. The van der Waals surface area contributed by atoms with E-state index in [0.29, 0.717) is 11.2 Å². The SMILES string of the molecule is Cc1cccc2ncc(CC(=O)NC(C)C)c(=O)n12. The van der Waals surface area contributed by atoms with E-state index in [0.717, 1.165) is 5.69 Å². The number of rotatable bonds is 3. The Balaban J connectivity index is 2.41. The van der Waals surface area contributed by atoms with Crippen molar-refractivity contribution in [2.24, 2.45) is 0 Å². The zero-order valence-electron chi connectivity index (χ0n) is 11.3. The fourth-order valence-corrected chi connectivity index (χ4v) is 1.98. The molecule has 0 aliphatic carbocycles. The van der Waals surface area contributed by atoms with Crippen molar-refractivity contribution in [1.29, 1.82) is 0 Å². The maximum absolute atomic E-state index is 12.3. The van der Waals surface area contributed by atoms with Crippen LogP contribution in [0.5, 0.6) is 0 Å². The highest BCUT2D eigenvalue weighted by molar-refractivity contribution is 5.78. The Morgan fingerprint density at radius 1 is 1.42 bits per heavy atom. The summed E-state index contributed by atoms with van der Waals surface area (Å²) in [4.78, 5) is 28.2. The molecule has 2 heterocycles. The van der Waals surface area contributed by atoms with Gasteiger partial charge in [-0.3, -0.25) is 14.0 Å². The van der Waals surface area contributed by atoms with Crippen LogP contribution >= 0.6 is 0 Å². The van der Waals surface area contributed by atoms with Gasteiger partial charge in [-0.2, -0.15) is 0 Å². The summed E-state index contributed by atoms with van der Waals surface area (Å²) in [5, 5.41) is 2.77. The molecular formula is C14H17N3O2. The van der Waals surface area contributed by atoms with E-state index in [2.05, 4.69) is 10.3 Å². The second kappa shape index (κ2) is 5.22. The lowest BCUT2D eigenvalue weighted by atomic mass is 10.2. The van der Waals surface area contributed by atoms with Crippen LogP contribution in [0.3, 0.4) is 0 Å². The summed E-state index contributed by atoms with van der Waals surface area (Å²) in [6, 6.07) is 5.52. The van der Waals surface area contributed by atoms with Crippen molar-refractivity contribution in [2.75, 3.05) is 0 Å². The van der Waals surface area contributed by atoms with Gasteiger partial charge in [0.25, 0.3) is 5.56 Å². The van der Waals surface area contributed by atoms with Crippen LogP contribution in [-0.2, 0) is 11.2 Å². The predicted molar refractivity (Wildman–Crippen MR) is 73.2 cm³/mol. The van der Waals surface area contributed by atoms with Crippen molar-refractivity contribution >= 4 is 11.6 Å². The molecule has 0 unspecified atom stereocenters. The number of fused-ring (bicyclic) bond motifs is 1. The first kappa shape index (κ1) is 13.3. The fourth-order valence-electron chi connectivity index (χ4n) is 1.98. The average molecular weight is 259 g/mol. The summed E-state index contributed by atoms with van der Waals surface area (Å²) in [5.41, 5.74) is 1.63. The van der Waals surface area contributed by atoms with E-state index in [1.54, 1.807) is 6.07 Å². The molecule has 0 saturated carbocycles. The molecule has 0 aliphatic heterocycles. The Morgan fingerprint density at radius 3 is 2.84 bits per heavy atom. The van der Waals surface area contributed by atoms with Crippen LogP contribution in [0, 0.1) is 6.92 Å². The highest BCUT2D eigenvalue weighted by Gasteiger charge is 2.11. The van der Waals surface area contributed by atoms with Crippen molar-refractivity contribution in [2.45, 2.75) is 33.2 Å². The van der Waals surface area contributed by atoms with Gasteiger partial charge < -0.3 is 5.32 Å². The maximum atomic E-state index is 12.3. The molecule has 1 amide bonds. The number of hydrogen-bond donors (Lipinski definition) is 1. The number of pyridine rings is 1. The van der Waals surface area contributed by atoms with Crippen molar-refractivity contribution in [1.82, 2.24) is 14.7 Å². The van der Waals surface area contributed by atoms with Crippen LogP contribution in [0.4, 0.5) is 0 Å². The number of aromatic nitrogens is 2. The van der Waals surface area contributed by atoms with E-state index in [1.165, 1.54) is 10.6 Å². The molecule has 0 bridgehead atoms. The van der Waals surface area contributed by atoms with Gasteiger partial charge in [0.1, 0.15) is 5.65 Å². The van der Waals surface area contributed by atoms with Crippen LogP contribution in [-0.4, -0.2) is 21.3 Å².